The van der Waals surface area contributed by atoms with E-state index in [1.165, 1.54) is 0 Å². The van der Waals surface area contributed by atoms with Crippen molar-refractivity contribution in [1.82, 2.24) is 10.2 Å². The third kappa shape index (κ3) is 6.40. The van der Waals surface area contributed by atoms with Gasteiger partial charge in [-0.25, -0.2) is 0 Å². The van der Waals surface area contributed by atoms with Crippen LogP contribution in [0.15, 0.2) is 66.7 Å². The molecule has 1 fully saturated rings. The smallest absolute Gasteiger partial charge is 0.258 e. The first kappa shape index (κ1) is 25.2. The van der Waals surface area contributed by atoms with Crippen LogP contribution in [0.2, 0.25) is 10.0 Å². The fourth-order valence-corrected chi connectivity index (χ4v) is 5.17. The van der Waals surface area contributed by atoms with Gasteiger partial charge < -0.3 is 10.2 Å². The minimum atomic E-state index is -0.250. The largest absolute Gasteiger partial charge is 0.368 e. The molecule has 2 N–H and O–H groups in total. The van der Waals surface area contributed by atoms with Crippen molar-refractivity contribution in [2.75, 3.05) is 36.4 Å². The van der Waals surface area contributed by atoms with Crippen molar-refractivity contribution in [3.8, 4) is 0 Å². The number of anilines is 2. The lowest BCUT2D eigenvalue weighted by molar-refractivity contribution is 0.0977. The zero-order valence-corrected chi connectivity index (χ0v) is 22.7. The van der Waals surface area contributed by atoms with Gasteiger partial charge in [-0.1, -0.05) is 53.5 Å². The number of benzene rings is 3. The molecule has 5 nitrogen and oxygen atoms in total. The summed E-state index contributed by atoms with van der Waals surface area (Å²) in [7, 11) is 0. The Bertz CT molecular complexity index is 1200. The number of carbonyl (C=O) groups excluding carboxylic acids is 1. The Balaban J connectivity index is 1.32. The second kappa shape index (κ2) is 11.7. The van der Waals surface area contributed by atoms with Crippen LogP contribution in [-0.4, -0.2) is 42.1 Å². The Morgan fingerprint density at radius 3 is 2.35 bits per heavy atom. The Morgan fingerprint density at radius 2 is 1.65 bits per heavy atom. The van der Waals surface area contributed by atoms with Gasteiger partial charge in [0.1, 0.15) is 0 Å². The van der Waals surface area contributed by atoms with E-state index in [4.69, 9.17) is 35.4 Å². The lowest BCUT2D eigenvalue weighted by Gasteiger charge is -2.36. The molecule has 0 unspecified atom stereocenters. The predicted molar refractivity (Wildman–Crippen MR) is 153 cm³/mol. The molecular formula is C25H23Cl2IN4OS. The predicted octanol–water partition coefficient (Wildman–Crippen LogP) is 6.05. The molecule has 0 bridgehead atoms. The lowest BCUT2D eigenvalue weighted by atomic mass is 10.2. The minimum Gasteiger partial charge on any atom is -0.368 e. The number of thiocarbonyl (C=S) groups is 1. The molecule has 9 heteroatoms. The SMILES string of the molecule is O=C(NC(=S)Nc1ccc(N2CCN(Cc3ccccc3Cl)CC2)c(Cl)c1)c1ccccc1I. The van der Waals surface area contributed by atoms with Crippen LogP contribution >= 0.6 is 58.0 Å². The van der Waals surface area contributed by atoms with Gasteiger partial charge >= 0.3 is 0 Å². The van der Waals surface area contributed by atoms with Gasteiger partial charge in [0.15, 0.2) is 5.11 Å². The summed E-state index contributed by atoms with van der Waals surface area (Å²) in [4.78, 5) is 17.2. The van der Waals surface area contributed by atoms with E-state index >= 15 is 0 Å². The normalized spacial score (nSPS) is 14.0. The first-order valence-corrected chi connectivity index (χ1v) is 13.0. The molecule has 0 spiro atoms. The monoisotopic (exact) mass is 624 g/mol. The Morgan fingerprint density at radius 1 is 0.941 bits per heavy atom. The van der Waals surface area contributed by atoms with Crippen molar-refractivity contribution in [3.63, 3.8) is 0 Å². The summed E-state index contributed by atoms with van der Waals surface area (Å²) >= 11 is 20.4. The van der Waals surface area contributed by atoms with Crippen LogP contribution in [0, 0.1) is 3.57 Å². The van der Waals surface area contributed by atoms with Crippen LogP contribution in [0.1, 0.15) is 15.9 Å². The Labute approximate surface area is 228 Å². The Hall–Kier alpha value is -1.91. The molecule has 0 radical (unpaired) electrons. The molecule has 34 heavy (non-hydrogen) atoms. The third-order valence-corrected chi connectivity index (χ3v) is 7.43. The maximum atomic E-state index is 12.5. The standard InChI is InChI=1S/C25H23Cl2IN4OS/c26-20-7-3-1-5-17(20)16-31-11-13-32(14-12-31)23-10-9-18(15-21(23)27)29-25(34)30-24(33)19-6-2-4-8-22(19)28/h1-10,15H,11-14,16H2,(H2,29,30,33,34). The molecule has 0 aromatic heterocycles. The zero-order valence-electron chi connectivity index (χ0n) is 18.2. The molecule has 3 aromatic carbocycles. The Kier molecular flexibility index (Phi) is 8.65. The average molecular weight is 625 g/mol. The highest BCUT2D eigenvalue weighted by atomic mass is 127. The van der Waals surface area contributed by atoms with Gasteiger partial charge in [0.2, 0.25) is 0 Å². The van der Waals surface area contributed by atoms with E-state index < -0.39 is 0 Å². The van der Waals surface area contributed by atoms with Crippen molar-refractivity contribution in [2.24, 2.45) is 0 Å². The van der Waals surface area contributed by atoms with Crippen molar-refractivity contribution in [3.05, 3.63) is 91.5 Å². The lowest BCUT2D eigenvalue weighted by Crippen LogP contribution is -2.46. The molecule has 0 atom stereocenters. The molecule has 1 heterocycles. The second-order valence-electron chi connectivity index (χ2n) is 7.91. The summed E-state index contributed by atoms with van der Waals surface area (Å²) in [6.07, 6.45) is 0. The van der Waals surface area contributed by atoms with Crippen molar-refractivity contribution >= 4 is 80.4 Å². The number of nitrogens with zero attached hydrogens (tertiary/aromatic N) is 2. The molecule has 3 aromatic rings. The molecule has 0 aliphatic carbocycles. The zero-order chi connectivity index (χ0) is 24.1. The van der Waals surface area contributed by atoms with Crippen LogP contribution in [0.3, 0.4) is 0 Å². The highest BCUT2D eigenvalue weighted by Crippen LogP contribution is 2.30. The van der Waals surface area contributed by atoms with Crippen molar-refractivity contribution < 1.29 is 4.79 Å². The van der Waals surface area contributed by atoms with Gasteiger partial charge in [-0.15, -0.1) is 0 Å². The van der Waals surface area contributed by atoms with E-state index in [0.29, 0.717) is 10.6 Å². The number of amides is 1. The van der Waals surface area contributed by atoms with E-state index in [-0.39, 0.29) is 11.0 Å². The number of nitrogens with one attached hydrogen (secondary N) is 2. The number of hydrogen-bond donors (Lipinski definition) is 2. The summed E-state index contributed by atoms with van der Waals surface area (Å²) in [5.41, 5.74) is 3.43. The van der Waals surface area contributed by atoms with Crippen LogP contribution in [-0.2, 0) is 6.54 Å². The van der Waals surface area contributed by atoms with Gasteiger partial charge in [-0.05, 0) is 76.8 Å². The summed E-state index contributed by atoms with van der Waals surface area (Å²) in [6.45, 7) is 4.45. The molecule has 1 amide bonds. The van der Waals surface area contributed by atoms with Gasteiger partial charge in [-0.3, -0.25) is 15.0 Å². The van der Waals surface area contributed by atoms with E-state index in [0.717, 1.165) is 58.3 Å². The second-order valence-corrected chi connectivity index (χ2v) is 10.3. The molecule has 4 rings (SSSR count). The summed E-state index contributed by atoms with van der Waals surface area (Å²) in [5.74, 6) is -0.250. The van der Waals surface area contributed by atoms with Crippen LogP contribution in [0.25, 0.3) is 0 Å². The van der Waals surface area contributed by atoms with Crippen LogP contribution in [0.4, 0.5) is 11.4 Å². The third-order valence-electron chi connectivity index (χ3n) is 5.62. The molecule has 176 valence electrons. The highest BCUT2D eigenvalue weighted by Gasteiger charge is 2.20. The van der Waals surface area contributed by atoms with Gasteiger partial charge in [0, 0.05) is 47.0 Å². The summed E-state index contributed by atoms with van der Waals surface area (Å²) in [5, 5.41) is 7.43. The first-order chi connectivity index (χ1) is 16.4. The quantitative estimate of drug-likeness (QED) is 0.268. The van der Waals surface area contributed by atoms with E-state index in [2.05, 4.69) is 49.1 Å². The van der Waals surface area contributed by atoms with Crippen molar-refractivity contribution in [2.45, 2.75) is 6.54 Å². The number of piperazine rings is 1. The maximum Gasteiger partial charge on any atom is 0.258 e. The van der Waals surface area contributed by atoms with E-state index in [1.807, 2.05) is 54.6 Å². The molecule has 1 aliphatic rings. The summed E-state index contributed by atoms with van der Waals surface area (Å²) < 4.78 is 0.861. The first-order valence-electron chi connectivity index (χ1n) is 10.8. The summed E-state index contributed by atoms with van der Waals surface area (Å²) in [6, 6.07) is 21.1. The molecule has 0 saturated carbocycles. The van der Waals surface area contributed by atoms with Gasteiger partial charge in [0.25, 0.3) is 5.91 Å². The number of hydrogen-bond acceptors (Lipinski definition) is 4. The van der Waals surface area contributed by atoms with E-state index in [9.17, 15) is 4.79 Å². The number of halogens is 3. The average Bonchev–Trinajstić information content (AvgIpc) is 2.81. The fraction of sp³-hybridized carbons (Fsp3) is 0.200. The van der Waals surface area contributed by atoms with E-state index in [1.54, 1.807) is 6.07 Å². The van der Waals surface area contributed by atoms with Crippen LogP contribution < -0.4 is 15.5 Å². The van der Waals surface area contributed by atoms with Gasteiger partial charge in [-0.2, -0.15) is 0 Å². The van der Waals surface area contributed by atoms with Crippen molar-refractivity contribution in [1.29, 1.82) is 0 Å². The molecule has 1 saturated heterocycles. The maximum absolute atomic E-state index is 12.5. The molecule has 1 aliphatic heterocycles. The highest BCUT2D eigenvalue weighted by molar-refractivity contribution is 14.1. The number of rotatable bonds is 5. The number of carbonyl (C=O) groups is 1. The van der Waals surface area contributed by atoms with Crippen LogP contribution in [0.5, 0.6) is 0 Å². The fourth-order valence-electron chi connectivity index (χ4n) is 3.83. The molecular weight excluding hydrogens is 602 g/mol. The van der Waals surface area contributed by atoms with Gasteiger partial charge in [0.05, 0.1) is 16.3 Å². The topological polar surface area (TPSA) is 47.6 Å². The minimum absolute atomic E-state index is 0.224.